The Balaban J connectivity index is 1.75. The Hall–Kier alpha value is -2.25. The molecule has 1 aromatic carbocycles. The summed E-state index contributed by atoms with van der Waals surface area (Å²) in [5, 5.41) is 13.1. The summed E-state index contributed by atoms with van der Waals surface area (Å²) < 4.78 is 5.33. The number of hydrogen-bond donors (Lipinski definition) is 2. The van der Waals surface area contributed by atoms with Gasteiger partial charge in [0.15, 0.2) is 0 Å². The average molecular weight is 374 g/mol. The fourth-order valence-electron chi connectivity index (χ4n) is 3.20. The number of nitrogens with one attached hydrogen (secondary N) is 1. The number of carboxylic acids is 1. The van der Waals surface area contributed by atoms with Gasteiger partial charge < -0.3 is 15.2 Å². The number of aliphatic carboxylic acids is 1. The molecule has 0 saturated carbocycles. The number of carbonyl (C=O) groups is 2. The van der Waals surface area contributed by atoms with E-state index in [1.807, 2.05) is 37.3 Å². The predicted molar refractivity (Wildman–Crippen MR) is 98.6 cm³/mol. The van der Waals surface area contributed by atoms with E-state index in [0.717, 1.165) is 10.6 Å². The summed E-state index contributed by atoms with van der Waals surface area (Å²) in [6.45, 7) is 2.72. The fourth-order valence-corrected chi connectivity index (χ4v) is 4.20. The Morgan fingerprint density at radius 2 is 1.96 bits per heavy atom. The maximum absolute atomic E-state index is 12.8. The number of rotatable bonds is 6. The number of benzene rings is 1. The second-order valence-electron chi connectivity index (χ2n) is 6.60. The molecule has 1 amide bonds. The van der Waals surface area contributed by atoms with Gasteiger partial charge in [-0.3, -0.25) is 9.59 Å². The maximum Gasteiger partial charge on any atom is 0.305 e. The van der Waals surface area contributed by atoms with Crippen molar-refractivity contribution in [3.05, 3.63) is 51.5 Å². The monoisotopic (exact) mass is 374 g/mol. The summed E-state index contributed by atoms with van der Waals surface area (Å²) in [5.74, 6) is -1.17. The third kappa shape index (κ3) is 4.47. The molecular weight excluding hydrogens is 352 g/mol. The van der Waals surface area contributed by atoms with Crippen LogP contribution < -0.4 is 5.32 Å². The van der Waals surface area contributed by atoms with E-state index in [9.17, 15) is 14.7 Å². The van der Waals surface area contributed by atoms with Gasteiger partial charge in [-0.05, 0) is 25.3 Å². The van der Waals surface area contributed by atoms with E-state index in [4.69, 9.17) is 4.74 Å². The molecule has 1 fully saturated rings. The molecule has 6 nitrogen and oxygen atoms in total. The molecule has 138 valence electrons. The van der Waals surface area contributed by atoms with Crippen LogP contribution in [0.5, 0.6) is 0 Å². The van der Waals surface area contributed by atoms with Crippen molar-refractivity contribution >= 4 is 23.2 Å². The van der Waals surface area contributed by atoms with E-state index < -0.39 is 11.5 Å². The smallest absolute Gasteiger partial charge is 0.305 e. The van der Waals surface area contributed by atoms with E-state index in [-0.39, 0.29) is 12.3 Å². The summed E-state index contributed by atoms with van der Waals surface area (Å²) in [7, 11) is 0. The van der Waals surface area contributed by atoms with Gasteiger partial charge in [-0.25, -0.2) is 4.98 Å². The molecule has 7 heteroatoms. The molecule has 2 heterocycles. The van der Waals surface area contributed by atoms with Crippen LogP contribution in [0.2, 0.25) is 0 Å². The average Bonchev–Trinajstić information content (AvgIpc) is 2.96. The number of aromatic nitrogens is 1. The lowest BCUT2D eigenvalue weighted by molar-refractivity contribution is -0.139. The minimum absolute atomic E-state index is 0.100. The Morgan fingerprint density at radius 1 is 1.27 bits per heavy atom. The zero-order chi connectivity index (χ0) is 18.6. The largest absolute Gasteiger partial charge is 0.481 e. The van der Waals surface area contributed by atoms with Crippen molar-refractivity contribution in [1.29, 1.82) is 0 Å². The molecule has 2 aromatic rings. The molecule has 0 bridgehead atoms. The van der Waals surface area contributed by atoms with Crippen molar-refractivity contribution in [3.8, 4) is 0 Å². The van der Waals surface area contributed by atoms with Crippen molar-refractivity contribution in [3.63, 3.8) is 0 Å². The van der Waals surface area contributed by atoms with Crippen molar-refractivity contribution in [2.75, 3.05) is 13.2 Å². The van der Waals surface area contributed by atoms with Crippen molar-refractivity contribution in [2.45, 2.75) is 38.1 Å². The number of aryl methyl sites for hydroxylation is 1. The second kappa shape index (κ2) is 7.97. The van der Waals surface area contributed by atoms with Gasteiger partial charge in [0, 0.05) is 19.6 Å². The first-order valence-electron chi connectivity index (χ1n) is 8.60. The lowest BCUT2D eigenvalue weighted by atomic mass is 9.86. The van der Waals surface area contributed by atoms with Gasteiger partial charge in [0.25, 0.3) is 5.91 Å². The molecule has 0 atom stereocenters. The van der Waals surface area contributed by atoms with Gasteiger partial charge in [-0.15, -0.1) is 11.3 Å². The quantitative estimate of drug-likeness (QED) is 0.812. The van der Waals surface area contributed by atoms with Crippen LogP contribution in [-0.4, -0.2) is 40.7 Å². The molecule has 1 aliphatic heterocycles. The molecule has 2 N–H and O–H groups in total. The zero-order valence-corrected chi connectivity index (χ0v) is 15.5. The van der Waals surface area contributed by atoms with Crippen molar-refractivity contribution < 1.29 is 19.4 Å². The van der Waals surface area contributed by atoms with Crippen LogP contribution >= 0.6 is 11.3 Å². The predicted octanol–water partition coefficient (Wildman–Crippen LogP) is 2.80. The van der Waals surface area contributed by atoms with Crippen LogP contribution in [-0.2, 0) is 16.0 Å². The lowest BCUT2D eigenvalue weighted by Crippen LogP contribution is -2.53. The first kappa shape index (κ1) is 18.5. The van der Waals surface area contributed by atoms with E-state index in [0.29, 0.717) is 43.0 Å². The van der Waals surface area contributed by atoms with Gasteiger partial charge in [0.2, 0.25) is 0 Å². The van der Waals surface area contributed by atoms with Crippen LogP contribution in [0.15, 0.2) is 30.3 Å². The third-order valence-electron chi connectivity index (χ3n) is 4.56. The molecule has 0 spiro atoms. The van der Waals surface area contributed by atoms with Crippen LogP contribution in [0, 0.1) is 6.92 Å². The fraction of sp³-hybridized carbons (Fsp3) is 0.421. The van der Waals surface area contributed by atoms with Crippen molar-refractivity contribution in [1.82, 2.24) is 10.3 Å². The Morgan fingerprint density at radius 3 is 2.62 bits per heavy atom. The normalized spacial score (nSPS) is 16.2. The first-order chi connectivity index (χ1) is 12.5. The summed E-state index contributed by atoms with van der Waals surface area (Å²) in [4.78, 5) is 29.1. The van der Waals surface area contributed by atoms with Gasteiger partial charge in [-0.1, -0.05) is 30.3 Å². The van der Waals surface area contributed by atoms with Gasteiger partial charge in [0.05, 0.1) is 22.7 Å². The van der Waals surface area contributed by atoms with E-state index in [2.05, 4.69) is 10.3 Å². The SMILES string of the molecule is Cc1nc(Cc2ccccc2)sc1C(=O)NC1(CC(=O)O)CCOCC1. The molecule has 0 unspecified atom stereocenters. The minimum atomic E-state index is -0.919. The number of carboxylic acid groups (broad SMARTS) is 1. The first-order valence-corrected chi connectivity index (χ1v) is 9.41. The molecule has 26 heavy (non-hydrogen) atoms. The Labute approximate surface area is 156 Å². The minimum Gasteiger partial charge on any atom is -0.481 e. The zero-order valence-electron chi connectivity index (χ0n) is 14.7. The van der Waals surface area contributed by atoms with E-state index in [1.54, 1.807) is 0 Å². The number of thiazole rings is 1. The number of carbonyl (C=O) groups excluding carboxylic acids is 1. The molecule has 1 aliphatic rings. The van der Waals surface area contributed by atoms with Crippen LogP contribution in [0.1, 0.15) is 45.2 Å². The third-order valence-corrected chi connectivity index (χ3v) is 5.72. The molecule has 3 rings (SSSR count). The molecule has 1 saturated heterocycles. The molecule has 0 aliphatic carbocycles. The molecule has 0 radical (unpaired) electrons. The van der Waals surface area contributed by atoms with E-state index in [1.165, 1.54) is 11.3 Å². The van der Waals surface area contributed by atoms with Crippen molar-refractivity contribution in [2.24, 2.45) is 0 Å². The summed E-state index contributed by atoms with van der Waals surface area (Å²) >= 11 is 1.37. The van der Waals surface area contributed by atoms with Gasteiger partial charge in [0.1, 0.15) is 4.88 Å². The maximum atomic E-state index is 12.8. The summed E-state index contributed by atoms with van der Waals surface area (Å²) in [5.41, 5.74) is 1.06. The Kier molecular flexibility index (Phi) is 5.68. The van der Waals surface area contributed by atoms with Crippen LogP contribution in [0.3, 0.4) is 0 Å². The molecule has 1 aromatic heterocycles. The molecular formula is C19H22N2O4S. The highest BCUT2D eigenvalue weighted by Gasteiger charge is 2.37. The van der Waals surface area contributed by atoms with Crippen LogP contribution in [0.25, 0.3) is 0 Å². The van der Waals surface area contributed by atoms with Crippen LogP contribution in [0.4, 0.5) is 0 Å². The standard InChI is InChI=1S/C19H22N2O4S/c1-13-17(26-15(20-13)11-14-5-3-2-4-6-14)18(24)21-19(12-16(22)23)7-9-25-10-8-19/h2-6H,7-12H2,1H3,(H,21,24)(H,22,23). The number of nitrogens with zero attached hydrogens (tertiary/aromatic N) is 1. The highest BCUT2D eigenvalue weighted by atomic mass is 32.1. The van der Waals surface area contributed by atoms with E-state index >= 15 is 0 Å². The number of ether oxygens (including phenoxy) is 1. The number of amides is 1. The second-order valence-corrected chi connectivity index (χ2v) is 7.69. The summed E-state index contributed by atoms with van der Waals surface area (Å²) in [6.07, 6.45) is 1.57. The van der Waals surface area contributed by atoms with Gasteiger partial charge >= 0.3 is 5.97 Å². The summed E-state index contributed by atoms with van der Waals surface area (Å²) in [6, 6.07) is 9.97. The van der Waals surface area contributed by atoms with Gasteiger partial charge in [-0.2, -0.15) is 0 Å². The highest BCUT2D eigenvalue weighted by Crippen LogP contribution is 2.27. The highest BCUT2D eigenvalue weighted by molar-refractivity contribution is 7.13. The number of hydrogen-bond acceptors (Lipinski definition) is 5. The lowest BCUT2D eigenvalue weighted by Gasteiger charge is -2.36. The Bertz CT molecular complexity index is 782. The topological polar surface area (TPSA) is 88.5 Å².